The third-order valence-electron chi connectivity index (χ3n) is 6.48. The van der Waals surface area contributed by atoms with Crippen LogP contribution in [-0.4, -0.2) is 65.3 Å². The quantitative estimate of drug-likeness (QED) is 0.716. The van der Waals surface area contributed by atoms with Crippen LogP contribution < -0.4 is 4.74 Å². The number of hydrogen-bond donors (Lipinski definition) is 0. The van der Waals surface area contributed by atoms with Crippen molar-refractivity contribution in [2.45, 2.75) is 43.7 Å². The molecule has 1 aromatic carbocycles. The monoisotopic (exact) mass is 446 g/mol. The number of rotatable bonds is 3. The molecule has 1 saturated carbocycles. The number of carbonyl (C=O) groups excluding carboxylic acids is 1. The maximum Gasteiger partial charge on any atom is 0.261 e. The van der Waals surface area contributed by atoms with Gasteiger partial charge in [-0.15, -0.1) is 0 Å². The average Bonchev–Trinajstić information content (AvgIpc) is 2.77. The zero-order valence-corrected chi connectivity index (χ0v) is 18.1. The van der Waals surface area contributed by atoms with E-state index in [-0.39, 0.29) is 28.3 Å². The fourth-order valence-corrected chi connectivity index (χ4v) is 6.64. The zero-order chi connectivity index (χ0) is 22.0. The van der Waals surface area contributed by atoms with Crippen molar-refractivity contribution in [3.8, 4) is 5.88 Å². The van der Waals surface area contributed by atoms with Gasteiger partial charge in [-0.2, -0.15) is 9.29 Å². The first-order valence-electron chi connectivity index (χ1n) is 10.2. The van der Waals surface area contributed by atoms with E-state index in [4.69, 9.17) is 4.74 Å². The molecule has 2 aliphatic heterocycles. The summed E-state index contributed by atoms with van der Waals surface area (Å²) in [5.41, 5.74) is 0.191. The Balaban J connectivity index is 1.29. The number of amides is 1. The first-order valence-corrected chi connectivity index (χ1v) is 11.7. The summed E-state index contributed by atoms with van der Waals surface area (Å²) in [5.74, 6) is -0.0439. The summed E-state index contributed by atoms with van der Waals surface area (Å²) in [7, 11) is -3.85. The van der Waals surface area contributed by atoms with Gasteiger partial charge in [-0.05, 0) is 38.8 Å². The highest BCUT2D eigenvalue weighted by atomic mass is 32.2. The van der Waals surface area contributed by atoms with E-state index in [1.54, 1.807) is 6.92 Å². The minimum absolute atomic E-state index is 0.00308. The van der Waals surface area contributed by atoms with E-state index in [2.05, 4.69) is 9.97 Å². The number of carbonyl (C=O) groups is 1. The van der Waals surface area contributed by atoms with Crippen molar-refractivity contribution in [1.82, 2.24) is 19.2 Å². The summed E-state index contributed by atoms with van der Waals surface area (Å²) < 4.78 is 46.6. The molecule has 8 nitrogen and oxygen atoms in total. The summed E-state index contributed by atoms with van der Waals surface area (Å²) in [4.78, 5) is 23.1. The highest BCUT2D eigenvalue weighted by molar-refractivity contribution is 7.89. The van der Waals surface area contributed by atoms with Crippen molar-refractivity contribution in [2.75, 3.05) is 19.7 Å². The normalized spacial score (nSPS) is 23.5. The van der Waals surface area contributed by atoms with Crippen LogP contribution in [0.15, 0.2) is 35.4 Å². The van der Waals surface area contributed by atoms with E-state index >= 15 is 0 Å². The molecular formula is C21H23FN4O4S. The summed E-state index contributed by atoms with van der Waals surface area (Å²) in [6.07, 6.45) is 2.91. The lowest BCUT2D eigenvalue weighted by molar-refractivity contribution is -0.0756. The summed E-state index contributed by atoms with van der Waals surface area (Å²) >= 11 is 0. The zero-order valence-electron chi connectivity index (χ0n) is 17.3. The molecule has 0 unspecified atom stereocenters. The Hall–Kier alpha value is -2.59. The fraction of sp³-hybridized carbons (Fsp3) is 0.476. The average molecular weight is 447 g/mol. The van der Waals surface area contributed by atoms with Crippen molar-refractivity contribution < 1.29 is 22.3 Å². The van der Waals surface area contributed by atoms with Crippen LogP contribution in [0.4, 0.5) is 4.39 Å². The Morgan fingerprint density at radius 2 is 1.94 bits per heavy atom. The smallest absolute Gasteiger partial charge is 0.261 e. The molecule has 1 amide bonds. The summed E-state index contributed by atoms with van der Waals surface area (Å²) in [5, 5.41) is 0. The van der Waals surface area contributed by atoms with E-state index in [9.17, 15) is 17.6 Å². The number of fused-ring (bicyclic) bond motifs is 1. The molecular weight excluding hydrogens is 423 g/mol. The van der Waals surface area contributed by atoms with Gasteiger partial charge >= 0.3 is 0 Å². The molecule has 1 aliphatic carbocycles. The van der Waals surface area contributed by atoms with Gasteiger partial charge in [0, 0.05) is 30.7 Å². The molecule has 2 aromatic rings. The molecule has 31 heavy (non-hydrogen) atoms. The van der Waals surface area contributed by atoms with Crippen LogP contribution in [0.5, 0.6) is 5.88 Å². The molecule has 0 N–H and O–H groups in total. The van der Waals surface area contributed by atoms with Gasteiger partial charge < -0.3 is 9.64 Å². The molecule has 1 aromatic heterocycles. The van der Waals surface area contributed by atoms with E-state index in [0.717, 1.165) is 6.07 Å². The van der Waals surface area contributed by atoms with Crippen LogP contribution >= 0.6 is 0 Å². The van der Waals surface area contributed by atoms with Gasteiger partial charge in [0.1, 0.15) is 28.7 Å². The Bertz CT molecular complexity index is 1160. The third-order valence-corrected chi connectivity index (χ3v) is 8.31. The first-order chi connectivity index (χ1) is 14.7. The Morgan fingerprint density at radius 3 is 2.65 bits per heavy atom. The largest absolute Gasteiger partial charge is 0.475 e. The second kappa shape index (κ2) is 6.96. The van der Waals surface area contributed by atoms with Crippen LogP contribution in [0.1, 0.15) is 35.9 Å². The lowest BCUT2D eigenvalue weighted by atomic mass is 9.61. The number of ether oxygens (including phenoxy) is 1. The Kier molecular flexibility index (Phi) is 4.56. The lowest BCUT2D eigenvalue weighted by Gasteiger charge is -2.60. The van der Waals surface area contributed by atoms with E-state index < -0.39 is 15.8 Å². The molecule has 1 atom stereocenters. The maximum absolute atomic E-state index is 14.0. The Labute approximate surface area is 180 Å². The molecule has 3 aliphatic rings. The number of aryl methyl sites for hydroxylation is 1. The number of sulfonamides is 1. The van der Waals surface area contributed by atoms with Crippen molar-refractivity contribution in [1.29, 1.82) is 0 Å². The SMILES string of the molecule is Cc1ncc2c(n1)OC[C@@H](C)N(C1CC3(C1)CN(S(=O)(=O)c1ccccc1F)C3)C2=O. The molecule has 5 rings (SSSR count). The molecule has 2 fully saturated rings. The van der Waals surface area contributed by atoms with Gasteiger partial charge in [-0.3, -0.25) is 4.79 Å². The predicted molar refractivity (Wildman–Crippen MR) is 109 cm³/mol. The summed E-state index contributed by atoms with van der Waals surface area (Å²) in [6, 6.07) is 5.29. The van der Waals surface area contributed by atoms with Gasteiger partial charge in [0.05, 0.1) is 6.04 Å². The number of aromatic nitrogens is 2. The third kappa shape index (κ3) is 3.20. The first kappa shape index (κ1) is 20.3. The predicted octanol–water partition coefficient (Wildman–Crippen LogP) is 2.00. The van der Waals surface area contributed by atoms with Crippen molar-refractivity contribution >= 4 is 15.9 Å². The van der Waals surface area contributed by atoms with Crippen molar-refractivity contribution in [2.24, 2.45) is 5.41 Å². The summed E-state index contributed by atoms with van der Waals surface area (Å²) in [6.45, 7) is 4.70. The van der Waals surface area contributed by atoms with Gasteiger partial charge in [0.15, 0.2) is 0 Å². The lowest BCUT2D eigenvalue weighted by Crippen LogP contribution is -2.68. The number of benzene rings is 1. The minimum Gasteiger partial charge on any atom is -0.475 e. The van der Waals surface area contributed by atoms with Gasteiger partial charge in [0.2, 0.25) is 15.9 Å². The highest BCUT2D eigenvalue weighted by Gasteiger charge is 2.58. The van der Waals surface area contributed by atoms with Crippen molar-refractivity contribution in [3.63, 3.8) is 0 Å². The van der Waals surface area contributed by atoms with E-state index in [1.165, 1.54) is 28.7 Å². The molecule has 1 spiro atoms. The van der Waals surface area contributed by atoms with Gasteiger partial charge in [-0.25, -0.2) is 17.8 Å². The molecule has 0 radical (unpaired) electrons. The van der Waals surface area contributed by atoms with Gasteiger partial charge in [-0.1, -0.05) is 12.1 Å². The van der Waals surface area contributed by atoms with E-state index in [0.29, 0.717) is 49.8 Å². The van der Waals surface area contributed by atoms with Crippen LogP contribution in [-0.2, 0) is 10.0 Å². The number of halogens is 1. The topological polar surface area (TPSA) is 92.7 Å². The van der Waals surface area contributed by atoms with Crippen LogP contribution in [0.3, 0.4) is 0 Å². The molecule has 3 heterocycles. The standard InChI is InChI=1S/C21H23FN4O4S/c1-13-10-30-19-16(9-23-14(2)24-19)20(27)26(13)15-7-21(8-15)11-25(12-21)31(28,29)18-6-4-3-5-17(18)22/h3-6,9,13,15H,7-8,10-12H2,1-2H3/t13-/m1/s1. The second-order valence-electron chi connectivity index (χ2n) is 8.77. The van der Waals surface area contributed by atoms with Crippen LogP contribution in [0, 0.1) is 18.2 Å². The van der Waals surface area contributed by atoms with E-state index in [1.807, 2.05) is 11.8 Å². The number of hydrogen-bond acceptors (Lipinski definition) is 6. The molecule has 164 valence electrons. The van der Waals surface area contributed by atoms with Crippen LogP contribution in [0.2, 0.25) is 0 Å². The van der Waals surface area contributed by atoms with Crippen LogP contribution in [0.25, 0.3) is 0 Å². The highest BCUT2D eigenvalue weighted by Crippen LogP contribution is 2.52. The molecule has 10 heteroatoms. The minimum atomic E-state index is -3.85. The van der Waals surface area contributed by atoms with Crippen molar-refractivity contribution in [3.05, 3.63) is 47.7 Å². The fourth-order valence-electron chi connectivity index (χ4n) is 4.91. The molecule has 1 saturated heterocycles. The number of nitrogens with zero attached hydrogens (tertiary/aromatic N) is 4. The molecule has 0 bridgehead atoms. The Morgan fingerprint density at radius 1 is 1.23 bits per heavy atom. The van der Waals surface area contributed by atoms with Gasteiger partial charge in [0.25, 0.3) is 5.91 Å². The second-order valence-corrected chi connectivity index (χ2v) is 10.7. The maximum atomic E-state index is 14.0.